The van der Waals surface area contributed by atoms with Crippen molar-refractivity contribution in [1.82, 2.24) is 0 Å². The minimum absolute atomic E-state index is 1.14. The van der Waals surface area contributed by atoms with E-state index in [1.807, 2.05) is 0 Å². The lowest BCUT2D eigenvalue weighted by molar-refractivity contribution is 0.504. The van der Waals surface area contributed by atoms with Crippen molar-refractivity contribution in [3.8, 4) is 0 Å². The summed E-state index contributed by atoms with van der Waals surface area (Å²) in [6.07, 6.45) is 81.5. The van der Waals surface area contributed by atoms with Crippen LogP contribution in [-0.4, -0.2) is 0 Å². The van der Waals surface area contributed by atoms with Crippen LogP contribution in [0.2, 0.25) is 0 Å². The second-order valence-electron chi connectivity index (χ2n) is 18.1. The van der Waals surface area contributed by atoms with Crippen LogP contribution < -0.4 is 0 Å². The molecule has 0 aromatic carbocycles. The molecule has 0 N–H and O–H groups in total. The Bertz CT molecular complexity index is 408. The molecular weight excluding hydrogens is 637 g/mol. The Morgan fingerprint density at radius 1 is 0.113 bits per heavy atom. The summed E-state index contributed by atoms with van der Waals surface area (Å²) in [7, 11) is 0. The summed E-state index contributed by atoms with van der Waals surface area (Å²) >= 11 is 0. The molecule has 0 aromatic heterocycles. The maximum atomic E-state index is 2.12. The van der Waals surface area contributed by atoms with Gasteiger partial charge in [0.1, 0.15) is 0 Å². The smallest absolute Gasteiger partial charge is 0.0163 e. The molecule has 0 bridgehead atoms. The lowest BCUT2D eigenvalue weighted by Crippen LogP contribution is -1.85. The predicted octanol–water partition coefficient (Wildman–Crippen LogP) is 20.2. The number of rotatable bonds is 0. The van der Waals surface area contributed by atoms with Crippen molar-refractivity contribution < 1.29 is 0 Å². The van der Waals surface area contributed by atoms with Gasteiger partial charge in [0.2, 0.25) is 0 Å². The van der Waals surface area contributed by atoms with Crippen molar-refractivity contribution in [3.05, 3.63) is 24.3 Å². The third kappa shape index (κ3) is 45.8. The Balaban J connectivity index is 0.000000338. The highest BCUT2D eigenvalue weighted by Crippen LogP contribution is 2.19. The summed E-state index contributed by atoms with van der Waals surface area (Å²) in [5, 5.41) is 0. The SMILES string of the molecule is C1=CCC=C1.C1CCCCCCCCCCC1.C1CCCCCCCCCCC1.C1CCCCCCCCCCC1.C1CCCCCCCCCCC1. The van der Waals surface area contributed by atoms with Crippen LogP contribution in [0.25, 0.3) is 0 Å². The van der Waals surface area contributed by atoms with Gasteiger partial charge < -0.3 is 0 Å². The maximum Gasteiger partial charge on any atom is -0.0163 e. The fourth-order valence-electron chi connectivity index (χ4n) is 8.88. The Labute approximate surface area is 337 Å². The van der Waals surface area contributed by atoms with Gasteiger partial charge in [0.05, 0.1) is 0 Å². The Morgan fingerprint density at radius 3 is 0.226 bits per heavy atom. The van der Waals surface area contributed by atoms with E-state index in [9.17, 15) is 0 Å². The normalized spacial score (nSPS) is 23.4. The van der Waals surface area contributed by atoms with E-state index in [0.29, 0.717) is 0 Å². The summed E-state index contributed by atoms with van der Waals surface area (Å²) in [6.45, 7) is 0. The average molecular weight is 739 g/mol. The maximum absolute atomic E-state index is 2.12. The molecule has 0 aromatic rings. The zero-order chi connectivity index (χ0) is 37.5. The van der Waals surface area contributed by atoms with Crippen molar-refractivity contribution in [3.63, 3.8) is 0 Å². The van der Waals surface area contributed by atoms with E-state index >= 15 is 0 Å². The van der Waals surface area contributed by atoms with Gasteiger partial charge in [0.25, 0.3) is 0 Å². The lowest BCUT2D eigenvalue weighted by atomic mass is 10.0. The Hall–Kier alpha value is -0.520. The molecule has 0 spiro atoms. The molecule has 0 nitrogen and oxygen atoms in total. The zero-order valence-corrected chi connectivity index (χ0v) is 37.0. The van der Waals surface area contributed by atoms with Gasteiger partial charge in [-0.2, -0.15) is 0 Å². The topological polar surface area (TPSA) is 0 Å². The van der Waals surface area contributed by atoms with Crippen LogP contribution in [-0.2, 0) is 0 Å². The number of allylic oxidation sites excluding steroid dienone is 4. The highest BCUT2D eigenvalue weighted by molar-refractivity contribution is 5.12. The van der Waals surface area contributed by atoms with Gasteiger partial charge in [-0.05, 0) is 6.42 Å². The van der Waals surface area contributed by atoms with E-state index < -0.39 is 0 Å². The van der Waals surface area contributed by atoms with Gasteiger partial charge in [-0.25, -0.2) is 0 Å². The second kappa shape index (κ2) is 47.6. The van der Waals surface area contributed by atoms with Crippen LogP contribution in [0.4, 0.5) is 0 Å². The first-order valence-corrected chi connectivity index (χ1v) is 25.8. The fraction of sp³-hybridized carbons (Fsp3) is 0.925. The first-order valence-electron chi connectivity index (χ1n) is 25.8. The van der Waals surface area contributed by atoms with E-state index in [-0.39, 0.29) is 0 Å². The van der Waals surface area contributed by atoms with Gasteiger partial charge in [0.15, 0.2) is 0 Å². The largest absolute Gasteiger partial charge is 0.0808 e. The van der Waals surface area contributed by atoms with E-state index in [1.54, 1.807) is 0 Å². The summed E-state index contributed by atoms with van der Waals surface area (Å²) < 4.78 is 0. The van der Waals surface area contributed by atoms with Crippen molar-refractivity contribution in [1.29, 1.82) is 0 Å². The van der Waals surface area contributed by atoms with Crippen LogP contribution in [0.15, 0.2) is 24.3 Å². The summed E-state index contributed by atoms with van der Waals surface area (Å²) in [4.78, 5) is 0. The van der Waals surface area contributed by atoms with E-state index in [4.69, 9.17) is 0 Å². The molecule has 53 heavy (non-hydrogen) atoms. The van der Waals surface area contributed by atoms with Crippen LogP contribution >= 0.6 is 0 Å². The predicted molar refractivity (Wildman–Crippen MR) is 245 cm³/mol. The molecule has 5 aliphatic carbocycles. The summed E-state index contributed by atoms with van der Waals surface area (Å²) in [6, 6.07) is 0. The molecule has 314 valence electrons. The quantitative estimate of drug-likeness (QED) is 0.232. The number of hydrogen-bond donors (Lipinski definition) is 0. The third-order valence-electron chi connectivity index (χ3n) is 12.7. The molecule has 0 saturated heterocycles. The molecule has 0 heterocycles. The molecule has 0 aliphatic heterocycles. The highest BCUT2D eigenvalue weighted by atomic mass is 14.1. The van der Waals surface area contributed by atoms with E-state index in [0.717, 1.165) is 6.42 Å². The second-order valence-corrected chi connectivity index (χ2v) is 18.1. The number of hydrogen-bond acceptors (Lipinski definition) is 0. The van der Waals surface area contributed by atoms with Crippen molar-refractivity contribution in [2.75, 3.05) is 0 Å². The molecule has 5 rings (SSSR count). The molecular formula is C53H102. The molecule has 0 radical (unpaired) electrons. The lowest BCUT2D eigenvalue weighted by Gasteiger charge is -2.05. The monoisotopic (exact) mass is 739 g/mol. The first kappa shape index (κ1) is 50.5. The van der Waals surface area contributed by atoms with Gasteiger partial charge in [0, 0.05) is 0 Å². The van der Waals surface area contributed by atoms with Crippen molar-refractivity contribution in [2.45, 2.75) is 315 Å². The zero-order valence-electron chi connectivity index (χ0n) is 37.0. The van der Waals surface area contributed by atoms with E-state index in [1.165, 1.54) is 308 Å². The Morgan fingerprint density at radius 2 is 0.189 bits per heavy atom. The van der Waals surface area contributed by atoms with E-state index in [2.05, 4.69) is 24.3 Å². The fourth-order valence-corrected chi connectivity index (χ4v) is 8.88. The highest BCUT2D eigenvalue weighted by Gasteiger charge is 1.99. The third-order valence-corrected chi connectivity index (χ3v) is 12.7. The van der Waals surface area contributed by atoms with Crippen LogP contribution in [0.5, 0.6) is 0 Å². The van der Waals surface area contributed by atoms with Crippen LogP contribution in [0, 0.1) is 0 Å². The summed E-state index contributed by atoms with van der Waals surface area (Å²) in [5.41, 5.74) is 0. The summed E-state index contributed by atoms with van der Waals surface area (Å²) in [5.74, 6) is 0. The average Bonchev–Trinajstić information content (AvgIpc) is 3.75. The molecule has 0 heteroatoms. The van der Waals surface area contributed by atoms with Crippen LogP contribution in [0.3, 0.4) is 0 Å². The van der Waals surface area contributed by atoms with Gasteiger partial charge in [-0.1, -0.05) is 333 Å². The van der Waals surface area contributed by atoms with Crippen molar-refractivity contribution in [2.24, 2.45) is 0 Å². The van der Waals surface area contributed by atoms with Crippen molar-refractivity contribution >= 4 is 0 Å². The molecule has 4 fully saturated rings. The van der Waals surface area contributed by atoms with Gasteiger partial charge in [-0.15, -0.1) is 0 Å². The molecule has 4 saturated carbocycles. The molecule has 0 atom stereocenters. The minimum atomic E-state index is 1.14. The van der Waals surface area contributed by atoms with Gasteiger partial charge >= 0.3 is 0 Å². The minimum Gasteiger partial charge on any atom is -0.0808 e. The van der Waals surface area contributed by atoms with Gasteiger partial charge in [-0.3, -0.25) is 0 Å². The molecule has 0 unspecified atom stereocenters. The standard InChI is InChI=1S/4C12H24.C5H6/c4*1-2-4-6-8-10-12-11-9-7-5-3-1;1-2-4-5-3-1/h4*1-12H2;1-4H,5H2. The molecule has 5 aliphatic rings. The van der Waals surface area contributed by atoms with Crippen LogP contribution in [0.1, 0.15) is 315 Å². The Kier molecular flexibility index (Phi) is 45.4. The first-order chi connectivity index (χ1) is 26.5. The molecule has 0 amide bonds.